The van der Waals surface area contributed by atoms with E-state index in [4.69, 9.17) is 20.2 Å². The number of aliphatic hydroxyl groups excluding tert-OH is 2. The van der Waals surface area contributed by atoms with E-state index in [1.54, 1.807) is 20.2 Å². The minimum Gasteiger partial charge on any atom is -0.393 e. The molecule has 4 aromatic heterocycles. The van der Waals surface area contributed by atoms with E-state index in [0.29, 0.717) is 6.42 Å². The molecule has 2 atom stereocenters. The van der Waals surface area contributed by atoms with Gasteiger partial charge in [0.2, 0.25) is 0 Å². The number of nitrogens with zero attached hydrogens (tertiary/aromatic N) is 7. The Balaban J connectivity index is 0.000000118. The predicted molar refractivity (Wildman–Crippen MR) is 621 cm³/mol. The smallest absolute Gasteiger partial charge is 0.105 e. The first-order valence-electron chi connectivity index (χ1n) is 50.5. The van der Waals surface area contributed by atoms with Crippen molar-refractivity contribution in [3.05, 3.63) is 562 Å². The number of aliphatic hydroxyl groups is 2. The maximum Gasteiger partial charge on any atom is 0.105 e. The van der Waals surface area contributed by atoms with Crippen LogP contribution in [-0.4, -0.2) is 46.9 Å². The molecule has 149 heavy (non-hydrogen) atoms. The first kappa shape index (κ1) is 97.8. The SMILES string of the molecule is CC(C)(C)c1cc(-c2[c-]cccc2)ncn1.CC(O)CC(C)O.[Ir].c1cc(-c2cnc3c4ccccc4c4ccccc4c3n2)cc(-c2cccc3c2sc2ccccc23)c1.c1ccc(-c2ccc(N(c3ccccc3)c3ccc(-c4ccc5c(c4)c4ccccc4n5-c4ccccc4)cc3)cc2)cc1.c1ccc(-c2ccc(N(c3ccccc3)c3ccc(C4(c5ccccc5)c5ccccc5-c5ccccc54)cc3)cc2)cc1. The van der Waals surface area contributed by atoms with Gasteiger partial charge in [0.15, 0.2) is 0 Å². The molecule has 1 radical (unpaired) electrons. The predicted octanol–water partition coefficient (Wildman–Crippen LogP) is 35.8. The van der Waals surface area contributed by atoms with E-state index in [0.717, 1.165) is 84.1 Å². The van der Waals surface area contributed by atoms with Crippen molar-refractivity contribution in [1.29, 1.82) is 0 Å². The molecule has 2 N–H and O–H groups in total. The zero-order valence-corrected chi connectivity index (χ0v) is 86.6. The molecule has 0 aliphatic heterocycles. The first-order chi connectivity index (χ1) is 72.7. The molecule has 0 fully saturated rings. The minimum absolute atomic E-state index is 0. The molecule has 9 nitrogen and oxygen atoms in total. The van der Waals surface area contributed by atoms with Crippen LogP contribution in [0.15, 0.2) is 528 Å². The second-order valence-corrected chi connectivity index (χ2v) is 39.6. The summed E-state index contributed by atoms with van der Waals surface area (Å²) in [7, 11) is 0. The van der Waals surface area contributed by atoms with Gasteiger partial charge in [0.1, 0.15) is 6.33 Å². The summed E-state index contributed by atoms with van der Waals surface area (Å²) >= 11 is 1.86. The maximum atomic E-state index is 8.56. The molecule has 26 rings (SSSR count). The van der Waals surface area contributed by atoms with Crippen molar-refractivity contribution in [2.45, 2.75) is 64.1 Å². The van der Waals surface area contributed by atoms with Crippen molar-refractivity contribution in [2.75, 3.05) is 9.80 Å². The normalized spacial score (nSPS) is 12.1. The van der Waals surface area contributed by atoms with E-state index >= 15 is 0 Å². The third-order valence-corrected chi connectivity index (χ3v) is 29.0. The van der Waals surface area contributed by atoms with Crippen LogP contribution in [0, 0.1) is 6.07 Å². The molecule has 0 bridgehead atoms. The molecule has 1 aliphatic rings. The van der Waals surface area contributed by atoms with Crippen LogP contribution in [0.5, 0.6) is 0 Å². The summed E-state index contributed by atoms with van der Waals surface area (Å²) < 4.78 is 5.00. The Morgan fingerprint density at radius 1 is 0.315 bits per heavy atom. The number of hydrogen-bond acceptors (Lipinski definition) is 9. The Kier molecular flexibility index (Phi) is 28.9. The molecule has 1 aliphatic carbocycles. The van der Waals surface area contributed by atoms with Crippen molar-refractivity contribution in [3.63, 3.8) is 0 Å². The largest absolute Gasteiger partial charge is 0.393 e. The zero-order valence-electron chi connectivity index (χ0n) is 83.4. The van der Waals surface area contributed by atoms with Gasteiger partial charge in [-0.05, 0) is 230 Å². The summed E-state index contributed by atoms with van der Waals surface area (Å²) in [6, 6.07) is 187. The summed E-state index contributed by atoms with van der Waals surface area (Å²) in [5, 5.41) is 27.0. The van der Waals surface area contributed by atoms with Gasteiger partial charge in [0.05, 0.1) is 51.6 Å². The fraction of sp³-hybridized carbons (Fsp3) is 0.0725. The van der Waals surface area contributed by atoms with E-state index < -0.39 is 5.41 Å². The molecule has 25 aromatic rings. The van der Waals surface area contributed by atoms with Gasteiger partial charge in [0.25, 0.3) is 0 Å². The summed E-state index contributed by atoms with van der Waals surface area (Å²) in [4.78, 5) is 23.4. The van der Waals surface area contributed by atoms with Gasteiger partial charge in [-0.25, -0.2) is 9.97 Å². The van der Waals surface area contributed by atoms with Crippen LogP contribution in [0.25, 0.3) is 158 Å². The Morgan fingerprint density at radius 2 is 0.725 bits per heavy atom. The van der Waals surface area contributed by atoms with E-state index in [1.807, 2.05) is 47.9 Å². The van der Waals surface area contributed by atoms with Crippen LogP contribution in [0.4, 0.5) is 34.1 Å². The maximum absolute atomic E-state index is 8.56. The van der Waals surface area contributed by atoms with Gasteiger partial charge in [-0.3, -0.25) is 9.97 Å². The Morgan fingerprint density at radius 3 is 1.27 bits per heavy atom. The fourth-order valence-electron chi connectivity index (χ4n) is 20.8. The van der Waals surface area contributed by atoms with Crippen molar-refractivity contribution < 1.29 is 30.3 Å². The van der Waals surface area contributed by atoms with Gasteiger partial charge >= 0.3 is 0 Å². The summed E-state index contributed by atoms with van der Waals surface area (Å²) in [6.45, 7) is 9.76. The van der Waals surface area contributed by atoms with E-state index in [9.17, 15) is 0 Å². The van der Waals surface area contributed by atoms with E-state index in [1.165, 1.54) is 136 Å². The molecule has 0 spiro atoms. The molecule has 2 unspecified atom stereocenters. The average molecular weight is 2120 g/mol. The van der Waals surface area contributed by atoms with Gasteiger partial charge < -0.3 is 24.6 Å². The van der Waals surface area contributed by atoms with Gasteiger partial charge in [-0.2, -0.15) is 0 Å². The monoisotopic (exact) mass is 2120 g/mol. The third kappa shape index (κ3) is 20.3. The summed E-state index contributed by atoms with van der Waals surface area (Å²) in [6.07, 6.45) is 3.26. The Bertz CT molecular complexity index is 8860. The van der Waals surface area contributed by atoms with Crippen molar-refractivity contribution in [3.8, 4) is 83.8 Å². The Hall–Kier alpha value is -17.3. The fourth-order valence-corrected chi connectivity index (χ4v) is 22.1. The zero-order chi connectivity index (χ0) is 100. The van der Waals surface area contributed by atoms with Crippen molar-refractivity contribution in [1.82, 2.24) is 24.5 Å². The number of para-hydroxylation sites is 4. The molecule has 11 heteroatoms. The molecule has 21 aromatic carbocycles. The molecule has 0 saturated carbocycles. The average Bonchev–Trinajstić information content (AvgIpc) is 1.53. The number of anilines is 6. The number of benzene rings is 21. The number of aromatic nitrogens is 5. The molecular formula is C138H108IrN7O2S-. The van der Waals surface area contributed by atoms with E-state index in [-0.39, 0.29) is 37.7 Å². The molecule has 723 valence electrons. The topological polar surface area (TPSA) is 103 Å². The third-order valence-electron chi connectivity index (χ3n) is 27.8. The second kappa shape index (κ2) is 44.0. The minimum atomic E-state index is -0.401. The quantitative estimate of drug-likeness (QED) is 0.0686. The van der Waals surface area contributed by atoms with Gasteiger partial charge in [0, 0.05) is 118 Å². The van der Waals surface area contributed by atoms with Crippen LogP contribution < -0.4 is 9.80 Å². The number of hydrogen-bond donors (Lipinski definition) is 2. The standard InChI is InChI=1S/C43H31N.C42H30N2.C34H20N2S.C14H15N2.C5H12O2.Ir/c1-4-14-32(15-5-1)33-24-28-37(29-25-33)44(36-18-8-3-9-19-36)38-30-26-35(27-31-38)43(34-16-6-2-7-17-34)41-22-12-10-20-39(41)40-21-11-13-23-42(40)43;1-4-12-31(13-5-1)32-20-25-37(26-21-32)43(35-14-6-2-7-15-35)38-27-22-33(23-28-38)34-24-29-42-40(30-34)39-18-10-11-19-41(39)44(42)36-16-8-3-9-17-36;1-3-14-27-24(11-1)25-12-2-4-15-28(25)33-32(27)35-20-30(36-33)22-10-7-9-21(19-22)23-16-8-17-29-26-13-5-6-18-31(26)37-34(23)29;1-14(2,3)13-9-12(15-10-16-13)11-7-5-4-6-8-11;1-4(6)3-5(2)7;/h1-31H;1-30H;1-20H;4-7,9-10H,1-3H3;4-7H,3H2,1-2H3;/q;;;-1;;. The number of rotatable bonds is 17. The molecule has 0 saturated heterocycles. The van der Waals surface area contributed by atoms with E-state index in [2.05, 4.69) is 536 Å². The van der Waals surface area contributed by atoms with Crippen LogP contribution in [0.3, 0.4) is 0 Å². The second-order valence-electron chi connectivity index (χ2n) is 38.5. The van der Waals surface area contributed by atoms with Crippen LogP contribution in [-0.2, 0) is 30.9 Å². The summed E-state index contributed by atoms with van der Waals surface area (Å²) in [5.41, 5.74) is 34.4. The first-order valence-corrected chi connectivity index (χ1v) is 51.3. The molecule has 0 amide bonds. The molecular weight excluding hydrogens is 2010 g/mol. The van der Waals surface area contributed by atoms with Crippen LogP contribution in [0.1, 0.15) is 69.0 Å². The van der Waals surface area contributed by atoms with Crippen LogP contribution in [0.2, 0.25) is 0 Å². The van der Waals surface area contributed by atoms with Crippen molar-refractivity contribution >= 4 is 120 Å². The Labute approximate surface area is 887 Å². The number of thiophene rings is 1. The molecule has 4 heterocycles. The number of fused-ring (bicyclic) bond motifs is 15. The summed E-state index contributed by atoms with van der Waals surface area (Å²) in [5.74, 6) is 0. The van der Waals surface area contributed by atoms with Gasteiger partial charge in [-0.1, -0.05) is 397 Å². The van der Waals surface area contributed by atoms with Crippen LogP contribution >= 0.6 is 11.3 Å². The van der Waals surface area contributed by atoms with Crippen molar-refractivity contribution in [2.24, 2.45) is 0 Å². The van der Waals surface area contributed by atoms with Gasteiger partial charge in [-0.15, -0.1) is 47.2 Å².